The van der Waals surface area contributed by atoms with Crippen molar-refractivity contribution in [3.63, 3.8) is 0 Å². The second-order valence-corrected chi connectivity index (χ2v) is 6.42. The zero-order chi connectivity index (χ0) is 15.5. The summed E-state index contributed by atoms with van der Waals surface area (Å²) in [4.78, 5) is 16.7. The van der Waals surface area contributed by atoms with Crippen molar-refractivity contribution >= 4 is 17.6 Å². The van der Waals surface area contributed by atoms with Gasteiger partial charge < -0.3 is 15.1 Å². The number of nitrogens with one attached hydrogen (secondary N) is 1. The zero-order valence-electron chi connectivity index (χ0n) is 13.0. The van der Waals surface area contributed by atoms with E-state index in [4.69, 9.17) is 11.6 Å². The number of carbonyl (C=O) groups excluding carboxylic acids is 1. The third kappa shape index (κ3) is 4.11. The molecule has 4 nitrogen and oxygen atoms in total. The summed E-state index contributed by atoms with van der Waals surface area (Å²) >= 11 is 5.92. The molecule has 1 aromatic carbocycles. The van der Waals surface area contributed by atoms with Crippen molar-refractivity contribution in [2.45, 2.75) is 26.3 Å². The highest BCUT2D eigenvalue weighted by Crippen LogP contribution is 2.22. The van der Waals surface area contributed by atoms with Gasteiger partial charge in [0, 0.05) is 31.2 Å². The summed E-state index contributed by atoms with van der Waals surface area (Å²) in [5.74, 6) is 0. The Labute approximate surface area is 132 Å². The van der Waals surface area contributed by atoms with Gasteiger partial charge in [0.2, 0.25) is 0 Å². The molecule has 116 valence electrons. The fourth-order valence-electron chi connectivity index (χ4n) is 2.55. The Bertz CT molecular complexity index is 479. The average Bonchev–Trinajstić information content (AvgIpc) is 2.47. The molecule has 2 rings (SSSR count). The van der Waals surface area contributed by atoms with E-state index in [1.54, 1.807) is 0 Å². The lowest BCUT2D eigenvalue weighted by molar-refractivity contribution is 0.137. The van der Waals surface area contributed by atoms with Gasteiger partial charge in [-0.15, -0.1) is 0 Å². The Hall–Kier alpha value is -1.26. The molecule has 1 saturated heterocycles. The van der Waals surface area contributed by atoms with E-state index in [1.807, 2.05) is 43.0 Å². The zero-order valence-corrected chi connectivity index (χ0v) is 13.8. The van der Waals surface area contributed by atoms with E-state index >= 15 is 0 Å². The number of benzene rings is 1. The number of hydrogen-bond donors (Lipinski definition) is 1. The molecule has 1 aliphatic rings. The van der Waals surface area contributed by atoms with Gasteiger partial charge >= 0.3 is 6.03 Å². The average molecular weight is 310 g/mol. The van der Waals surface area contributed by atoms with Crippen LogP contribution in [-0.2, 0) is 5.54 Å². The summed E-state index contributed by atoms with van der Waals surface area (Å²) < 4.78 is 0. The van der Waals surface area contributed by atoms with Crippen LogP contribution in [0.3, 0.4) is 0 Å². The summed E-state index contributed by atoms with van der Waals surface area (Å²) in [5.41, 5.74) is 0.635. The van der Waals surface area contributed by atoms with E-state index in [-0.39, 0.29) is 6.03 Å². The molecule has 1 N–H and O–H groups in total. The minimum Gasteiger partial charge on any atom is -0.329 e. The second kappa shape index (κ2) is 6.67. The number of rotatable bonds is 3. The summed E-state index contributed by atoms with van der Waals surface area (Å²) in [6, 6.07) is 7.62. The van der Waals surface area contributed by atoms with Crippen LogP contribution in [0, 0.1) is 0 Å². The van der Waals surface area contributed by atoms with Gasteiger partial charge in [0.15, 0.2) is 0 Å². The molecule has 1 fully saturated rings. The minimum absolute atomic E-state index is 0.00528. The maximum Gasteiger partial charge on any atom is 0.318 e. The first-order valence-electron chi connectivity index (χ1n) is 7.48. The molecule has 1 aliphatic heterocycles. The summed E-state index contributed by atoms with van der Waals surface area (Å²) in [6.45, 7) is 10.7. The van der Waals surface area contributed by atoms with Crippen LogP contribution < -0.4 is 5.32 Å². The summed E-state index contributed by atoms with van der Waals surface area (Å²) in [6.07, 6.45) is 0. The molecule has 0 aromatic heterocycles. The van der Waals surface area contributed by atoms with E-state index in [2.05, 4.69) is 17.1 Å². The van der Waals surface area contributed by atoms with Gasteiger partial charge in [0.1, 0.15) is 0 Å². The molecule has 0 radical (unpaired) electrons. The maximum atomic E-state index is 12.4. The number of hydrogen-bond acceptors (Lipinski definition) is 2. The highest BCUT2D eigenvalue weighted by atomic mass is 35.5. The van der Waals surface area contributed by atoms with Gasteiger partial charge in [-0.05, 0) is 38.1 Å². The molecular weight excluding hydrogens is 286 g/mol. The number of halogens is 1. The highest BCUT2D eigenvalue weighted by molar-refractivity contribution is 6.30. The highest BCUT2D eigenvalue weighted by Gasteiger charge is 2.27. The fourth-order valence-corrected chi connectivity index (χ4v) is 2.68. The van der Waals surface area contributed by atoms with E-state index in [0.29, 0.717) is 5.02 Å². The number of nitrogens with zero attached hydrogens (tertiary/aromatic N) is 2. The standard InChI is InChI=1S/C16H24ClN3O/c1-4-19-9-11-20(12-10-19)15(21)18-16(2,3)13-5-7-14(17)8-6-13/h5-8H,4,9-12H2,1-3H3,(H,18,21). The van der Waals surface area contributed by atoms with Crippen LogP contribution in [0.2, 0.25) is 5.02 Å². The first kappa shape index (κ1) is 16.1. The Morgan fingerprint density at radius 1 is 1.19 bits per heavy atom. The lowest BCUT2D eigenvalue weighted by Gasteiger charge is -2.36. The summed E-state index contributed by atoms with van der Waals surface area (Å²) in [7, 11) is 0. The van der Waals surface area contributed by atoms with E-state index in [0.717, 1.165) is 38.3 Å². The van der Waals surface area contributed by atoms with E-state index in [9.17, 15) is 4.79 Å². The van der Waals surface area contributed by atoms with Crippen LogP contribution >= 0.6 is 11.6 Å². The third-order valence-corrected chi connectivity index (χ3v) is 4.34. The van der Waals surface area contributed by atoms with Gasteiger partial charge in [-0.1, -0.05) is 30.7 Å². The molecule has 0 spiro atoms. The van der Waals surface area contributed by atoms with Crippen molar-refractivity contribution in [3.8, 4) is 0 Å². The molecule has 5 heteroatoms. The largest absolute Gasteiger partial charge is 0.329 e. The number of carbonyl (C=O) groups is 1. The van der Waals surface area contributed by atoms with Gasteiger partial charge in [0.25, 0.3) is 0 Å². The van der Waals surface area contributed by atoms with Gasteiger partial charge in [-0.2, -0.15) is 0 Å². The molecule has 1 aromatic rings. The van der Waals surface area contributed by atoms with Crippen molar-refractivity contribution in [2.24, 2.45) is 0 Å². The molecule has 21 heavy (non-hydrogen) atoms. The molecule has 1 heterocycles. The van der Waals surface area contributed by atoms with Crippen LogP contribution in [0.4, 0.5) is 4.79 Å². The van der Waals surface area contributed by atoms with E-state index < -0.39 is 5.54 Å². The lowest BCUT2D eigenvalue weighted by Crippen LogP contribution is -2.54. The number of urea groups is 1. The van der Waals surface area contributed by atoms with Gasteiger partial charge in [-0.3, -0.25) is 0 Å². The third-order valence-electron chi connectivity index (χ3n) is 4.09. The number of piperazine rings is 1. The van der Waals surface area contributed by atoms with Gasteiger partial charge in [0.05, 0.1) is 5.54 Å². The molecule has 0 atom stereocenters. The van der Waals surface area contributed by atoms with Crippen LogP contribution in [0.5, 0.6) is 0 Å². The van der Waals surface area contributed by atoms with Crippen LogP contribution in [0.15, 0.2) is 24.3 Å². The predicted molar refractivity (Wildman–Crippen MR) is 86.7 cm³/mol. The Morgan fingerprint density at radius 3 is 2.29 bits per heavy atom. The van der Waals surface area contributed by atoms with Crippen molar-refractivity contribution in [2.75, 3.05) is 32.7 Å². The molecule has 0 aliphatic carbocycles. The van der Waals surface area contributed by atoms with Crippen molar-refractivity contribution in [1.29, 1.82) is 0 Å². The van der Waals surface area contributed by atoms with Crippen molar-refractivity contribution < 1.29 is 4.79 Å². The van der Waals surface area contributed by atoms with Crippen LogP contribution in [0.25, 0.3) is 0 Å². The van der Waals surface area contributed by atoms with Crippen molar-refractivity contribution in [3.05, 3.63) is 34.9 Å². The Balaban J connectivity index is 1.96. The topological polar surface area (TPSA) is 35.6 Å². The monoisotopic (exact) mass is 309 g/mol. The quantitative estimate of drug-likeness (QED) is 0.932. The lowest BCUT2D eigenvalue weighted by atomic mass is 9.94. The molecule has 0 saturated carbocycles. The molecule has 0 unspecified atom stereocenters. The molecular formula is C16H24ClN3O. The summed E-state index contributed by atoms with van der Waals surface area (Å²) in [5, 5.41) is 3.83. The maximum absolute atomic E-state index is 12.4. The smallest absolute Gasteiger partial charge is 0.318 e. The first-order valence-corrected chi connectivity index (χ1v) is 7.85. The van der Waals surface area contributed by atoms with Crippen molar-refractivity contribution in [1.82, 2.24) is 15.1 Å². The molecule has 2 amide bonds. The second-order valence-electron chi connectivity index (χ2n) is 5.98. The SMILES string of the molecule is CCN1CCN(C(=O)NC(C)(C)c2ccc(Cl)cc2)CC1. The number of amides is 2. The molecule has 0 bridgehead atoms. The minimum atomic E-state index is -0.413. The Morgan fingerprint density at radius 2 is 1.76 bits per heavy atom. The fraction of sp³-hybridized carbons (Fsp3) is 0.562. The van der Waals surface area contributed by atoms with Crippen LogP contribution in [-0.4, -0.2) is 48.6 Å². The van der Waals surface area contributed by atoms with Gasteiger partial charge in [-0.25, -0.2) is 4.79 Å². The first-order chi connectivity index (χ1) is 9.92. The van der Waals surface area contributed by atoms with Crippen LogP contribution in [0.1, 0.15) is 26.3 Å². The van der Waals surface area contributed by atoms with E-state index in [1.165, 1.54) is 0 Å². The normalized spacial score (nSPS) is 16.9. The predicted octanol–water partition coefficient (Wildman–Crippen LogP) is 2.92. The Kier molecular flexibility index (Phi) is 5.12. The number of likely N-dealkylation sites (N-methyl/N-ethyl adjacent to an activating group) is 1.